The molecule has 0 spiro atoms. The number of carbonyl (C=O) groups is 2. The van der Waals surface area contributed by atoms with Gasteiger partial charge in [0.25, 0.3) is 11.8 Å². The van der Waals surface area contributed by atoms with Gasteiger partial charge in [0.2, 0.25) is 0 Å². The van der Waals surface area contributed by atoms with E-state index in [2.05, 4.69) is 4.74 Å². The minimum atomic E-state index is -7.93. The number of nitrogens with one attached hydrogen (secondary N) is 2. The lowest BCUT2D eigenvalue weighted by Crippen LogP contribution is -2.63. The van der Waals surface area contributed by atoms with Crippen molar-refractivity contribution in [3.8, 4) is 5.75 Å². The van der Waals surface area contributed by atoms with Crippen LogP contribution in [0.3, 0.4) is 0 Å². The molecule has 1 aromatic carbocycles. The molecule has 0 aliphatic heterocycles. The van der Waals surface area contributed by atoms with Gasteiger partial charge in [0, 0.05) is 18.1 Å². The highest BCUT2D eigenvalue weighted by Gasteiger charge is 2.82. The molecular formula is C19H12F18N2O13S4. The zero-order valence-corrected chi connectivity index (χ0v) is 28.5. The Morgan fingerprint density at radius 1 is 0.536 bits per heavy atom. The van der Waals surface area contributed by atoms with Crippen molar-refractivity contribution in [1.29, 1.82) is 0 Å². The molecule has 0 saturated heterocycles. The Kier molecular flexibility index (Phi) is 12.7. The van der Waals surface area contributed by atoms with E-state index in [0.717, 1.165) is 0 Å². The minimum absolute atomic E-state index is 0.140. The van der Waals surface area contributed by atoms with Gasteiger partial charge in [-0.3, -0.25) is 18.7 Å². The smallest absolute Gasteiger partial charge is 0.439 e. The van der Waals surface area contributed by atoms with Crippen molar-refractivity contribution in [2.45, 2.75) is 57.6 Å². The molecule has 1 rings (SSSR count). The van der Waals surface area contributed by atoms with Crippen LogP contribution in [0.1, 0.15) is 27.6 Å². The van der Waals surface area contributed by atoms with Gasteiger partial charge in [0.15, 0.2) is 6.61 Å². The van der Waals surface area contributed by atoms with Gasteiger partial charge in [-0.25, -0.2) is 9.44 Å². The highest BCUT2D eigenvalue weighted by atomic mass is 32.2. The summed E-state index contributed by atoms with van der Waals surface area (Å²) < 4.78 is 356. The molecule has 0 bridgehead atoms. The van der Waals surface area contributed by atoms with Crippen LogP contribution in [0.25, 0.3) is 0 Å². The predicted molar refractivity (Wildman–Crippen MR) is 138 cm³/mol. The maximum Gasteiger partial charge on any atom is 0.439 e. The van der Waals surface area contributed by atoms with Crippen LogP contribution >= 0.6 is 0 Å². The maximum absolute atomic E-state index is 14.2. The van der Waals surface area contributed by atoms with Crippen molar-refractivity contribution in [2.24, 2.45) is 0 Å². The summed E-state index contributed by atoms with van der Waals surface area (Å²) in [6.45, 7) is -4.45. The molecule has 56 heavy (non-hydrogen) atoms. The maximum atomic E-state index is 14.2. The van der Waals surface area contributed by atoms with Crippen molar-refractivity contribution in [2.75, 3.05) is 6.61 Å². The monoisotopic (exact) mass is 946 g/mol. The van der Waals surface area contributed by atoms with Gasteiger partial charge >= 0.3 is 90.9 Å². The molecule has 0 aliphatic rings. The second-order valence-corrected chi connectivity index (χ2v) is 16.6. The van der Waals surface area contributed by atoms with Gasteiger partial charge in [0.1, 0.15) is 5.75 Å². The second kappa shape index (κ2) is 14.1. The largest absolute Gasteiger partial charge is 0.487 e. The van der Waals surface area contributed by atoms with Crippen LogP contribution in [0.2, 0.25) is 0 Å². The van der Waals surface area contributed by atoms with Crippen molar-refractivity contribution in [3.05, 3.63) is 29.3 Å². The topological polar surface area (TPSA) is 244 Å². The lowest BCUT2D eigenvalue weighted by molar-refractivity contribution is -0.287. The summed E-state index contributed by atoms with van der Waals surface area (Å²) in [5.41, 5.74) is -4.49. The molecule has 37 heteroatoms. The number of halogens is 18. The summed E-state index contributed by atoms with van der Waals surface area (Å²) in [5, 5.41) is -29.3. The van der Waals surface area contributed by atoms with E-state index >= 15 is 0 Å². The fraction of sp³-hybridized carbons (Fsp3) is 0.579. The van der Waals surface area contributed by atoms with Crippen LogP contribution in [-0.4, -0.2) is 112 Å². The van der Waals surface area contributed by atoms with Crippen LogP contribution in [0.5, 0.6) is 5.75 Å². The number of hydrogen-bond acceptors (Lipinski definition) is 11. The van der Waals surface area contributed by atoms with Crippen molar-refractivity contribution < 1.29 is 136 Å². The molecule has 4 N–H and O–H groups in total. The summed E-state index contributed by atoms with van der Waals surface area (Å²) in [5.74, 6) is -43.1. The summed E-state index contributed by atoms with van der Waals surface area (Å²) in [6.07, 6.45) is 0. The molecule has 0 atom stereocenters. The van der Waals surface area contributed by atoms with Crippen LogP contribution in [0.4, 0.5) is 79.0 Å². The molecule has 0 unspecified atom stereocenters. The van der Waals surface area contributed by atoms with Crippen molar-refractivity contribution in [3.63, 3.8) is 0 Å². The van der Waals surface area contributed by atoms with Gasteiger partial charge in [-0.2, -0.15) is 113 Å². The SMILES string of the molecule is CC(F)(F)C(F)(F)C(F)(F)S(=O)(=O)NC(=O)c1cc(OCC(F)(F)C(F)(F)C(F)(F)S(=O)(=O)O)cc(C(=O)NS(=O)(=O)C(F)(F)C(F)(F)C(F)(F)S(=O)(=O)O)c1. The van der Waals surface area contributed by atoms with Gasteiger partial charge in [-0.05, 0) is 18.2 Å². The van der Waals surface area contributed by atoms with Gasteiger partial charge in [0.05, 0.1) is 0 Å². The number of ether oxygens (including phenoxy) is 1. The number of carbonyl (C=O) groups excluding carboxylic acids is 2. The van der Waals surface area contributed by atoms with Crippen LogP contribution < -0.4 is 14.2 Å². The highest BCUT2D eigenvalue weighted by molar-refractivity contribution is 7.91. The fourth-order valence-corrected chi connectivity index (χ4v) is 5.95. The predicted octanol–water partition coefficient (Wildman–Crippen LogP) is 3.53. The van der Waals surface area contributed by atoms with E-state index in [1.165, 1.54) is 0 Å². The molecule has 326 valence electrons. The molecule has 0 saturated carbocycles. The molecular weight excluding hydrogens is 934 g/mol. The van der Waals surface area contributed by atoms with Crippen molar-refractivity contribution in [1.82, 2.24) is 9.44 Å². The van der Waals surface area contributed by atoms with E-state index in [1.807, 2.05) is 0 Å². The Morgan fingerprint density at radius 3 is 1.14 bits per heavy atom. The third-order valence-electron chi connectivity index (χ3n) is 6.10. The Bertz CT molecular complexity index is 2190. The normalized spacial score (nSPS) is 15.3. The van der Waals surface area contributed by atoms with E-state index in [-0.39, 0.29) is 9.44 Å². The van der Waals surface area contributed by atoms with Crippen LogP contribution in [-0.2, 0) is 40.3 Å². The molecule has 1 aromatic rings. The minimum Gasteiger partial charge on any atom is -0.487 e. The molecule has 15 nitrogen and oxygen atoms in total. The molecule has 2 amide bonds. The summed E-state index contributed by atoms with van der Waals surface area (Å²) in [6, 6.07) is -1.85. The number of amides is 2. The molecule has 0 aliphatic carbocycles. The molecule has 0 radical (unpaired) electrons. The van der Waals surface area contributed by atoms with Crippen molar-refractivity contribution >= 4 is 52.1 Å². The first-order valence-electron chi connectivity index (χ1n) is 12.3. The zero-order valence-electron chi connectivity index (χ0n) is 25.3. The average Bonchev–Trinajstić information content (AvgIpc) is 2.97. The molecule has 0 fully saturated rings. The standard InChI is InChI=1S/C19H12F18N2O13S4/c1-11(20,21)13(24,25)16(30,31)53(42,43)38-9(40)6-2-7(4-8(3-6)52-5-12(22,23)14(26,27)18(34,35)55(46,47)48)10(41)39-54(44,45)17(32,33)15(28,29)19(36,37)56(49,50)51/h2-4H,5H2,1H3,(H,38,40)(H,39,41)(H,46,47,48)(H,49,50,51). The first-order chi connectivity index (χ1) is 24.1. The van der Waals surface area contributed by atoms with E-state index in [1.54, 1.807) is 0 Å². The van der Waals surface area contributed by atoms with Gasteiger partial charge in [-0.1, -0.05) is 0 Å². The quantitative estimate of drug-likeness (QED) is 0.129. The second-order valence-electron chi connectivity index (χ2n) is 10.2. The van der Waals surface area contributed by atoms with Crippen LogP contribution in [0.15, 0.2) is 18.2 Å². The Balaban J connectivity index is 3.97. The summed E-state index contributed by atoms with van der Waals surface area (Å²) in [4.78, 5) is 24.8. The average molecular weight is 947 g/mol. The van der Waals surface area contributed by atoms with E-state index < -0.39 is 151 Å². The summed E-state index contributed by atoms with van der Waals surface area (Å²) in [7, 11) is -30.7. The third kappa shape index (κ3) is 8.22. The number of alkyl halides is 18. The highest BCUT2D eigenvalue weighted by Crippen LogP contribution is 2.51. The summed E-state index contributed by atoms with van der Waals surface area (Å²) >= 11 is 0. The molecule has 0 aromatic heterocycles. The number of benzene rings is 1. The van der Waals surface area contributed by atoms with E-state index in [0.29, 0.717) is 0 Å². The van der Waals surface area contributed by atoms with Gasteiger partial charge in [-0.15, -0.1) is 0 Å². The first kappa shape index (κ1) is 50.4. The first-order valence-corrected chi connectivity index (χ1v) is 18.2. The lowest BCUT2D eigenvalue weighted by Gasteiger charge is -2.30. The number of sulfonamides is 2. The molecule has 0 heterocycles. The Morgan fingerprint density at radius 2 is 0.839 bits per heavy atom. The Hall–Kier alpha value is -3.58. The lowest BCUT2D eigenvalue weighted by atomic mass is 10.1. The third-order valence-corrected chi connectivity index (χ3v) is 10.7. The van der Waals surface area contributed by atoms with E-state index in [9.17, 15) is 122 Å². The van der Waals surface area contributed by atoms with E-state index in [4.69, 9.17) is 9.11 Å². The van der Waals surface area contributed by atoms with Crippen LogP contribution in [0, 0.1) is 0 Å². The number of rotatable bonds is 17. The number of hydrogen-bond donors (Lipinski definition) is 4. The zero-order chi connectivity index (χ0) is 45.3. The fourth-order valence-electron chi connectivity index (χ4n) is 3.00. The Labute approximate surface area is 296 Å². The van der Waals surface area contributed by atoms with Gasteiger partial charge < -0.3 is 4.74 Å².